The molecular weight excluding hydrogens is 258 g/mol. The number of nitro benzene ring substituents is 1. The maximum absolute atomic E-state index is 10.8. The molecule has 0 amide bonds. The third-order valence-electron chi connectivity index (χ3n) is 2.54. The number of halogens is 1. The highest BCUT2D eigenvalue weighted by atomic mass is 35.5. The molecule has 7 heteroatoms. The van der Waals surface area contributed by atoms with Crippen molar-refractivity contribution >= 4 is 23.2 Å². The predicted molar refractivity (Wildman–Crippen MR) is 67.4 cm³/mol. The van der Waals surface area contributed by atoms with Gasteiger partial charge in [0.1, 0.15) is 5.69 Å². The predicted octanol–water partition coefficient (Wildman–Crippen LogP) is 3.05. The lowest BCUT2D eigenvalue weighted by Gasteiger charge is -2.01. The molecule has 0 saturated heterocycles. The number of aromatic nitrogens is 1. The number of hydrogen-bond acceptors (Lipinski definition) is 5. The minimum absolute atomic E-state index is 0.0962. The Balaban J connectivity index is 2.60. The molecule has 0 bridgehead atoms. The molecule has 2 aromatic rings. The Hall–Kier alpha value is -2.08. The van der Waals surface area contributed by atoms with Crippen LogP contribution in [-0.4, -0.2) is 10.1 Å². The number of nitro groups is 1. The topological polar surface area (TPSA) is 95.2 Å². The van der Waals surface area contributed by atoms with Gasteiger partial charge in [-0.25, -0.2) is 0 Å². The first-order chi connectivity index (χ1) is 8.52. The Morgan fingerprint density at radius 2 is 2.22 bits per heavy atom. The molecule has 0 fully saturated rings. The summed E-state index contributed by atoms with van der Waals surface area (Å²) in [6.07, 6.45) is 0.616. The summed E-state index contributed by atoms with van der Waals surface area (Å²) in [5.74, 6) is 0.218. The van der Waals surface area contributed by atoms with Gasteiger partial charge in [0.25, 0.3) is 5.69 Å². The average Bonchev–Trinajstić information content (AvgIpc) is 2.69. The van der Waals surface area contributed by atoms with Crippen molar-refractivity contribution in [3.63, 3.8) is 0 Å². The lowest BCUT2D eigenvalue weighted by atomic mass is 10.1. The maximum Gasteiger partial charge on any atom is 0.271 e. The molecular formula is C11H10ClN3O3. The number of rotatable bonds is 3. The zero-order valence-electron chi connectivity index (χ0n) is 9.51. The van der Waals surface area contributed by atoms with Crippen molar-refractivity contribution < 1.29 is 9.45 Å². The van der Waals surface area contributed by atoms with Crippen molar-refractivity contribution in [2.45, 2.75) is 13.3 Å². The van der Waals surface area contributed by atoms with Crippen molar-refractivity contribution in [1.82, 2.24) is 5.16 Å². The fraction of sp³-hybridized carbons (Fsp3) is 0.182. The van der Waals surface area contributed by atoms with Crippen LogP contribution in [0.15, 0.2) is 22.7 Å². The highest BCUT2D eigenvalue weighted by Crippen LogP contribution is 2.32. The van der Waals surface area contributed by atoms with E-state index in [9.17, 15) is 10.1 Å². The molecule has 0 saturated carbocycles. The molecule has 0 aliphatic rings. The second-order valence-electron chi connectivity index (χ2n) is 3.68. The van der Waals surface area contributed by atoms with Gasteiger partial charge in [0.2, 0.25) is 5.88 Å². The lowest BCUT2D eigenvalue weighted by molar-refractivity contribution is -0.384. The van der Waals surface area contributed by atoms with Gasteiger partial charge in [-0.1, -0.05) is 23.7 Å². The fourth-order valence-electron chi connectivity index (χ4n) is 1.71. The molecule has 2 rings (SSSR count). The van der Waals surface area contributed by atoms with Gasteiger partial charge in [-0.3, -0.25) is 10.1 Å². The van der Waals surface area contributed by atoms with E-state index in [1.807, 2.05) is 6.92 Å². The Bertz CT molecular complexity index is 610. The summed E-state index contributed by atoms with van der Waals surface area (Å²) in [4.78, 5) is 10.3. The number of non-ortho nitro benzene ring substituents is 1. The van der Waals surface area contributed by atoms with Crippen LogP contribution in [-0.2, 0) is 6.42 Å². The van der Waals surface area contributed by atoms with Gasteiger partial charge in [-0.05, 0) is 12.5 Å². The van der Waals surface area contributed by atoms with Crippen molar-refractivity contribution in [2.24, 2.45) is 0 Å². The normalized spacial score (nSPS) is 10.6. The summed E-state index contributed by atoms with van der Waals surface area (Å²) >= 11 is 5.85. The monoisotopic (exact) mass is 267 g/mol. The number of nitrogens with zero attached hydrogens (tertiary/aromatic N) is 2. The zero-order chi connectivity index (χ0) is 13.3. The van der Waals surface area contributed by atoms with E-state index in [2.05, 4.69) is 5.16 Å². The highest BCUT2D eigenvalue weighted by molar-refractivity contribution is 6.31. The summed E-state index contributed by atoms with van der Waals surface area (Å²) in [7, 11) is 0. The quantitative estimate of drug-likeness (QED) is 0.681. The van der Waals surface area contributed by atoms with E-state index in [-0.39, 0.29) is 16.6 Å². The largest absolute Gasteiger partial charge is 0.367 e. The van der Waals surface area contributed by atoms with E-state index in [0.29, 0.717) is 23.2 Å². The zero-order valence-corrected chi connectivity index (χ0v) is 10.3. The number of anilines is 1. The van der Waals surface area contributed by atoms with Crippen molar-refractivity contribution in [1.29, 1.82) is 0 Å². The molecule has 0 unspecified atom stereocenters. The van der Waals surface area contributed by atoms with E-state index in [1.165, 1.54) is 12.1 Å². The van der Waals surface area contributed by atoms with Gasteiger partial charge in [0.05, 0.1) is 4.92 Å². The van der Waals surface area contributed by atoms with Gasteiger partial charge in [0, 0.05) is 28.3 Å². The molecule has 6 nitrogen and oxygen atoms in total. The number of hydrogen-bond donors (Lipinski definition) is 1. The molecule has 0 radical (unpaired) electrons. The first-order valence-electron chi connectivity index (χ1n) is 5.22. The van der Waals surface area contributed by atoms with Crippen LogP contribution < -0.4 is 5.73 Å². The third-order valence-corrected chi connectivity index (χ3v) is 2.76. The molecule has 18 heavy (non-hydrogen) atoms. The molecule has 0 spiro atoms. The SMILES string of the molecule is CCc1c(-c2cc(Cl)cc([N+](=O)[O-])c2)noc1N. The second kappa shape index (κ2) is 4.66. The first-order valence-corrected chi connectivity index (χ1v) is 5.60. The van der Waals surface area contributed by atoms with Crippen molar-refractivity contribution in [2.75, 3.05) is 5.73 Å². The van der Waals surface area contributed by atoms with Gasteiger partial charge in [-0.2, -0.15) is 0 Å². The molecule has 1 aromatic heterocycles. The summed E-state index contributed by atoms with van der Waals surface area (Å²) in [6.45, 7) is 1.89. The second-order valence-corrected chi connectivity index (χ2v) is 4.12. The van der Waals surface area contributed by atoms with Gasteiger partial charge >= 0.3 is 0 Å². The molecule has 0 aliphatic carbocycles. The molecule has 0 aliphatic heterocycles. The van der Waals surface area contributed by atoms with Crippen LogP contribution in [0.4, 0.5) is 11.6 Å². The van der Waals surface area contributed by atoms with Crippen LogP contribution in [0.1, 0.15) is 12.5 Å². The van der Waals surface area contributed by atoms with E-state index in [1.54, 1.807) is 6.07 Å². The van der Waals surface area contributed by atoms with Crippen LogP contribution in [0, 0.1) is 10.1 Å². The van der Waals surface area contributed by atoms with E-state index >= 15 is 0 Å². The Labute approximate surface area is 107 Å². The molecule has 1 aromatic carbocycles. The van der Waals surface area contributed by atoms with Gasteiger partial charge < -0.3 is 10.3 Å². The van der Waals surface area contributed by atoms with Crippen LogP contribution in [0.5, 0.6) is 0 Å². The highest BCUT2D eigenvalue weighted by Gasteiger charge is 2.17. The summed E-state index contributed by atoms with van der Waals surface area (Å²) in [6, 6.07) is 4.26. The van der Waals surface area contributed by atoms with E-state index < -0.39 is 4.92 Å². The lowest BCUT2D eigenvalue weighted by Crippen LogP contribution is -1.92. The first kappa shape index (κ1) is 12.4. The minimum atomic E-state index is -0.509. The number of benzene rings is 1. The fourth-order valence-corrected chi connectivity index (χ4v) is 1.94. The van der Waals surface area contributed by atoms with Crippen molar-refractivity contribution in [3.05, 3.63) is 38.9 Å². The van der Waals surface area contributed by atoms with Crippen molar-refractivity contribution in [3.8, 4) is 11.3 Å². The van der Waals surface area contributed by atoms with E-state index in [0.717, 1.165) is 0 Å². The minimum Gasteiger partial charge on any atom is -0.367 e. The van der Waals surface area contributed by atoms with Gasteiger partial charge in [-0.15, -0.1) is 0 Å². The molecule has 2 N–H and O–H groups in total. The average molecular weight is 268 g/mol. The molecule has 1 heterocycles. The van der Waals surface area contributed by atoms with E-state index in [4.69, 9.17) is 21.9 Å². The summed E-state index contributed by atoms with van der Waals surface area (Å²) in [5.41, 5.74) is 7.25. The van der Waals surface area contributed by atoms with Crippen LogP contribution in [0.25, 0.3) is 11.3 Å². The van der Waals surface area contributed by atoms with Crippen LogP contribution in [0.2, 0.25) is 5.02 Å². The Kier molecular flexibility index (Phi) is 3.20. The van der Waals surface area contributed by atoms with Crippen LogP contribution >= 0.6 is 11.6 Å². The Morgan fingerprint density at radius 1 is 1.50 bits per heavy atom. The maximum atomic E-state index is 10.8. The van der Waals surface area contributed by atoms with Crippen LogP contribution in [0.3, 0.4) is 0 Å². The molecule has 94 valence electrons. The Morgan fingerprint density at radius 3 is 2.83 bits per heavy atom. The third kappa shape index (κ3) is 2.14. The standard InChI is InChI=1S/C11H10ClN3O3/c1-2-9-10(14-18-11(9)13)6-3-7(12)5-8(4-6)15(16)17/h3-5H,2,13H2,1H3. The van der Waals surface area contributed by atoms with Gasteiger partial charge in [0.15, 0.2) is 0 Å². The number of nitrogen functional groups attached to an aromatic ring is 1. The summed E-state index contributed by atoms with van der Waals surface area (Å²) in [5, 5.41) is 14.9. The molecule has 0 atom stereocenters. The summed E-state index contributed by atoms with van der Waals surface area (Å²) < 4.78 is 4.90. The smallest absolute Gasteiger partial charge is 0.271 e. The number of nitrogens with two attached hydrogens (primary N) is 1.